The maximum atomic E-state index is 5.20. The van der Waals surface area contributed by atoms with Crippen molar-refractivity contribution in [3.05, 3.63) is 47.3 Å². The van der Waals surface area contributed by atoms with E-state index in [1.807, 2.05) is 30.5 Å². The van der Waals surface area contributed by atoms with Crippen molar-refractivity contribution in [2.45, 2.75) is 31.7 Å². The van der Waals surface area contributed by atoms with Crippen LogP contribution in [0.15, 0.2) is 46.8 Å². The van der Waals surface area contributed by atoms with Crippen LogP contribution in [0.4, 0.5) is 5.00 Å². The van der Waals surface area contributed by atoms with Gasteiger partial charge in [0.2, 0.25) is 0 Å². The topological polar surface area (TPSA) is 48.9 Å². The molecular weight excluding hydrogens is 356 g/mol. The van der Waals surface area contributed by atoms with Gasteiger partial charge in [0.15, 0.2) is 5.96 Å². The third-order valence-corrected chi connectivity index (χ3v) is 5.90. The van der Waals surface area contributed by atoms with E-state index in [-0.39, 0.29) is 0 Å². The van der Waals surface area contributed by atoms with E-state index in [1.165, 1.54) is 10.6 Å². The monoisotopic (exact) mass is 386 g/mol. The van der Waals surface area contributed by atoms with Crippen molar-refractivity contribution in [2.24, 2.45) is 4.99 Å². The Bertz CT molecular complexity index is 691. The molecule has 2 aromatic rings. The average molecular weight is 387 g/mol. The molecule has 1 aromatic heterocycles. The Hall–Kier alpha value is -2.21. The average Bonchev–Trinajstić information content (AvgIpc) is 3.26. The number of aryl methyl sites for hydroxylation is 1. The molecule has 2 N–H and O–H groups in total. The summed E-state index contributed by atoms with van der Waals surface area (Å²) in [6, 6.07) is 13.1. The molecule has 2 heterocycles. The van der Waals surface area contributed by atoms with Crippen LogP contribution in [0.3, 0.4) is 0 Å². The van der Waals surface area contributed by atoms with Gasteiger partial charge < -0.3 is 20.3 Å². The van der Waals surface area contributed by atoms with E-state index in [2.05, 4.69) is 50.2 Å². The molecule has 1 aromatic carbocycles. The number of thiophene rings is 1. The van der Waals surface area contributed by atoms with Gasteiger partial charge in [0, 0.05) is 32.7 Å². The number of guanidine groups is 1. The van der Waals surface area contributed by atoms with Gasteiger partial charge in [-0.3, -0.25) is 4.99 Å². The third-order valence-electron chi connectivity index (χ3n) is 4.97. The molecule has 1 aliphatic rings. The molecule has 1 saturated heterocycles. The zero-order valence-corrected chi connectivity index (χ0v) is 17.1. The predicted molar refractivity (Wildman–Crippen MR) is 115 cm³/mol. The summed E-state index contributed by atoms with van der Waals surface area (Å²) in [6.07, 6.45) is 4.41. The molecule has 0 unspecified atom stereocenters. The fourth-order valence-corrected chi connectivity index (χ4v) is 4.16. The second-order valence-corrected chi connectivity index (χ2v) is 7.73. The maximum absolute atomic E-state index is 5.20. The SMILES string of the molecule is CN=C(NCCCc1ccc(OC)cc1)NC1CCN(c2cccs2)CC1. The molecule has 6 heteroatoms. The van der Waals surface area contributed by atoms with E-state index < -0.39 is 0 Å². The molecule has 3 rings (SSSR count). The maximum Gasteiger partial charge on any atom is 0.191 e. The van der Waals surface area contributed by atoms with E-state index >= 15 is 0 Å². The molecule has 1 aliphatic heterocycles. The fourth-order valence-electron chi connectivity index (χ4n) is 3.37. The number of nitrogens with one attached hydrogen (secondary N) is 2. The molecule has 0 radical (unpaired) electrons. The lowest BCUT2D eigenvalue weighted by atomic mass is 10.1. The predicted octanol–water partition coefficient (Wildman–Crippen LogP) is 3.52. The molecule has 0 amide bonds. The van der Waals surface area contributed by atoms with Crippen LogP contribution in [0.1, 0.15) is 24.8 Å². The Labute approximate surface area is 166 Å². The highest BCUT2D eigenvalue weighted by Crippen LogP contribution is 2.24. The fraction of sp³-hybridized carbons (Fsp3) is 0.476. The van der Waals surface area contributed by atoms with Crippen molar-refractivity contribution < 1.29 is 4.74 Å². The van der Waals surface area contributed by atoms with Gasteiger partial charge in [-0.05, 0) is 60.9 Å². The second kappa shape index (κ2) is 10.2. The standard InChI is InChI=1S/C21H30N4OS/c1-22-21(23-13-3-5-17-7-9-19(26-2)10-8-17)24-18-11-14-25(15-12-18)20-6-4-16-27-20/h4,6-10,16,18H,3,5,11-15H2,1-2H3,(H2,22,23,24). The van der Waals surface area contributed by atoms with Gasteiger partial charge in [-0.2, -0.15) is 0 Å². The first-order valence-electron chi connectivity index (χ1n) is 9.67. The molecular formula is C21H30N4OS. The summed E-state index contributed by atoms with van der Waals surface area (Å²) < 4.78 is 5.20. The van der Waals surface area contributed by atoms with Crippen LogP contribution in [-0.2, 0) is 6.42 Å². The highest BCUT2D eigenvalue weighted by Gasteiger charge is 2.20. The lowest BCUT2D eigenvalue weighted by Gasteiger charge is -2.33. The smallest absolute Gasteiger partial charge is 0.191 e. The van der Waals surface area contributed by atoms with E-state index in [4.69, 9.17) is 4.74 Å². The van der Waals surface area contributed by atoms with E-state index in [0.29, 0.717) is 6.04 Å². The normalized spacial score (nSPS) is 15.6. The highest BCUT2D eigenvalue weighted by molar-refractivity contribution is 7.14. The summed E-state index contributed by atoms with van der Waals surface area (Å²) >= 11 is 1.83. The Kier molecular flexibility index (Phi) is 7.39. The Morgan fingerprint density at radius 2 is 2.00 bits per heavy atom. The third kappa shape index (κ3) is 5.89. The summed E-state index contributed by atoms with van der Waals surface area (Å²) in [6.45, 7) is 3.12. The first-order chi connectivity index (χ1) is 13.3. The number of methoxy groups -OCH3 is 1. The number of piperidine rings is 1. The van der Waals surface area contributed by atoms with Crippen molar-refractivity contribution in [3.8, 4) is 5.75 Å². The first-order valence-corrected chi connectivity index (χ1v) is 10.5. The van der Waals surface area contributed by atoms with Crippen molar-refractivity contribution >= 4 is 22.3 Å². The molecule has 0 spiro atoms. The number of nitrogens with zero attached hydrogens (tertiary/aromatic N) is 2. The minimum atomic E-state index is 0.494. The van der Waals surface area contributed by atoms with E-state index in [0.717, 1.165) is 57.0 Å². The van der Waals surface area contributed by atoms with Crippen LogP contribution in [0, 0.1) is 0 Å². The summed E-state index contributed by atoms with van der Waals surface area (Å²) in [4.78, 5) is 6.86. The highest BCUT2D eigenvalue weighted by atomic mass is 32.1. The minimum absolute atomic E-state index is 0.494. The zero-order valence-electron chi connectivity index (χ0n) is 16.3. The van der Waals surface area contributed by atoms with Crippen molar-refractivity contribution in [1.29, 1.82) is 0 Å². The Morgan fingerprint density at radius 1 is 1.22 bits per heavy atom. The second-order valence-electron chi connectivity index (χ2n) is 6.81. The number of ether oxygens (including phenoxy) is 1. The largest absolute Gasteiger partial charge is 0.497 e. The summed E-state index contributed by atoms with van der Waals surface area (Å²) in [5.74, 6) is 1.82. The molecule has 1 fully saturated rings. The molecule has 146 valence electrons. The molecule has 0 atom stereocenters. The number of anilines is 1. The zero-order chi connectivity index (χ0) is 18.9. The Balaban J connectivity index is 1.34. The lowest BCUT2D eigenvalue weighted by molar-refractivity contribution is 0.414. The molecule has 0 saturated carbocycles. The van der Waals surface area contributed by atoms with Crippen LogP contribution in [0.25, 0.3) is 0 Å². The van der Waals surface area contributed by atoms with Gasteiger partial charge in [-0.15, -0.1) is 11.3 Å². The van der Waals surface area contributed by atoms with Gasteiger partial charge in [-0.1, -0.05) is 12.1 Å². The summed E-state index contributed by atoms with van der Waals surface area (Å²) in [7, 11) is 3.54. The van der Waals surface area contributed by atoms with Gasteiger partial charge >= 0.3 is 0 Å². The number of hydrogen-bond acceptors (Lipinski definition) is 4. The first kappa shape index (κ1) is 19.5. The number of aliphatic imine (C=N–C) groups is 1. The Morgan fingerprint density at radius 3 is 2.63 bits per heavy atom. The van der Waals surface area contributed by atoms with Gasteiger partial charge in [0.05, 0.1) is 12.1 Å². The molecule has 0 aliphatic carbocycles. The lowest BCUT2D eigenvalue weighted by Crippen LogP contribution is -2.48. The van der Waals surface area contributed by atoms with Crippen LogP contribution in [0.2, 0.25) is 0 Å². The number of hydrogen-bond donors (Lipinski definition) is 2. The van der Waals surface area contributed by atoms with Crippen LogP contribution >= 0.6 is 11.3 Å². The van der Waals surface area contributed by atoms with Crippen LogP contribution < -0.4 is 20.3 Å². The quantitative estimate of drug-likeness (QED) is 0.434. The van der Waals surface area contributed by atoms with Gasteiger partial charge in [0.25, 0.3) is 0 Å². The van der Waals surface area contributed by atoms with Gasteiger partial charge in [-0.25, -0.2) is 0 Å². The minimum Gasteiger partial charge on any atom is -0.497 e. The summed E-state index contributed by atoms with van der Waals surface area (Å²) in [5.41, 5.74) is 1.33. The van der Waals surface area contributed by atoms with Crippen LogP contribution in [0.5, 0.6) is 5.75 Å². The number of rotatable bonds is 7. The van der Waals surface area contributed by atoms with E-state index in [1.54, 1.807) is 7.11 Å². The van der Waals surface area contributed by atoms with E-state index in [9.17, 15) is 0 Å². The van der Waals surface area contributed by atoms with Crippen LogP contribution in [-0.4, -0.2) is 45.8 Å². The molecule has 0 bridgehead atoms. The number of benzene rings is 1. The summed E-state index contributed by atoms with van der Waals surface area (Å²) in [5, 5.41) is 10.6. The molecule has 27 heavy (non-hydrogen) atoms. The molecule has 5 nitrogen and oxygen atoms in total. The van der Waals surface area contributed by atoms with Crippen molar-refractivity contribution in [2.75, 3.05) is 38.7 Å². The van der Waals surface area contributed by atoms with Crippen molar-refractivity contribution in [3.63, 3.8) is 0 Å². The van der Waals surface area contributed by atoms with Crippen molar-refractivity contribution in [1.82, 2.24) is 10.6 Å². The van der Waals surface area contributed by atoms with Gasteiger partial charge in [0.1, 0.15) is 5.75 Å².